The van der Waals surface area contributed by atoms with Crippen molar-refractivity contribution in [3.8, 4) is 0 Å². The molecule has 0 aliphatic carbocycles. The van der Waals surface area contributed by atoms with E-state index < -0.39 is 17.2 Å². The van der Waals surface area contributed by atoms with E-state index in [0.717, 1.165) is 15.9 Å². The maximum absolute atomic E-state index is 11.7. The van der Waals surface area contributed by atoms with Crippen molar-refractivity contribution < 1.29 is 9.90 Å². The van der Waals surface area contributed by atoms with E-state index in [1.165, 1.54) is 22.9 Å². The molecule has 0 radical (unpaired) electrons. The van der Waals surface area contributed by atoms with Crippen LogP contribution in [0.25, 0.3) is 0 Å². The molecule has 2 aromatic heterocycles. The third-order valence-electron chi connectivity index (χ3n) is 2.43. The van der Waals surface area contributed by atoms with Crippen molar-refractivity contribution in [2.45, 2.75) is 6.54 Å². The molecule has 0 unspecified atom stereocenters. The van der Waals surface area contributed by atoms with Crippen molar-refractivity contribution in [2.24, 2.45) is 7.05 Å². The molecule has 1 N–H and O–H groups in total. The van der Waals surface area contributed by atoms with E-state index in [-0.39, 0.29) is 11.4 Å². The largest absolute Gasteiger partial charge is 0.477 e. The SMILES string of the molecule is Cn1ccc(=O)n(Cc2ccc(C(=O)O)s2)c1=O. The molecular formula is C11H10N2O4S. The van der Waals surface area contributed by atoms with Gasteiger partial charge in [0.15, 0.2) is 0 Å². The number of hydrogen-bond donors (Lipinski definition) is 1. The van der Waals surface area contributed by atoms with Crippen molar-refractivity contribution >= 4 is 17.3 Å². The predicted molar refractivity (Wildman–Crippen MR) is 66.3 cm³/mol. The standard InChI is InChI=1S/C11H10N2O4S/c1-12-5-4-9(14)13(11(12)17)6-7-2-3-8(18-7)10(15)16/h2-5H,6H2,1H3,(H,15,16). The molecule has 18 heavy (non-hydrogen) atoms. The summed E-state index contributed by atoms with van der Waals surface area (Å²) in [6.45, 7) is 0.0876. The van der Waals surface area contributed by atoms with Gasteiger partial charge in [0.25, 0.3) is 5.56 Å². The number of carboxylic acids is 1. The average Bonchev–Trinajstić information content (AvgIpc) is 2.78. The number of aryl methyl sites for hydroxylation is 1. The van der Waals surface area contributed by atoms with Gasteiger partial charge in [0.05, 0.1) is 6.54 Å². The van der Waals surface area contributed by atoms with E-state index >= 15 is 0 Å². The minimum Gasteiger partial charge on any atom is -0.477 e. The van der Waals surface area contributed by atoms with Crippen LogP contribution >= 0.6 is 11.3 Å². The minimum absolute atomic E-state index is 0.0876. The van der Waals surface area contributed by atoms with Gasteiger partial charge in [-0.15, -0.1) is 11.3 Å². The lowest BCUT2D eigenvalue weighted by Gasteiger charge is -2.04. The number of rotatable bonds is 3. The van der Waals surface area contributed by atoms with E-state index in [1.807, 2.05) is 0 Å². The normalized spacial score (nSPS) is 10.5. The van der Waals surface area contributed by atoms with Crippen molar-refractivity contribution in [3.63, 3.8) is 0 Å². The maximum Gasteiger partial charge on any atom is 0.345 e. The molecule has 94 valence electrons. The number of aromatic nitrogens is 2. The number of carboxylic acid groups (broad SMARTS) is 1. The number of aromatic carboxylic acids is 1. The molecule has 2 aromatic rings. The highest BCUT2D eigenvalue weighted by atomic mass is 32.1. The molecule has 2 rings (SSSR count). The van der Waals surface area contributed by atoms with Crippen molar-refractivity contribution in [1.82, 2.24) is 9.13 Å². The average molecular weight is 266 g/mol. The van der Waals surface area contributed by atoms with Gasteiger partial charge in [-0.1, -0.05) is 0 Å². The zero-order valence-electron chi connectivity index (χ0n) is 9.49. The van der Waals surface area contributed by atoms with Gasteiger partial charge in [-0.2, -0.15) is 0 Å². The Morgan fingerprint density at radius 3 is 2.67 bits per heavy atom. The van der Waals surface area contributed by atoms with Gasteiger partial charge in [-0.3, -0.25) is 9.36 Å². The fourth-order valence-corrected chi connectivity index (χ4v) is 2.33. The first-order valence-corrected chi connectivity index (χ1v) is 5.89. The Hall–Kier alpha value is -2.15. The van der Waals surface area contributed by atoms with E-state index in [2.05, 4.69) is 0 Å². The molecule has 2 heterocycles. The molecule has 0 saturated carbocycles. The van der Waals surface area contributed by atoms with Gasteiger partial charge in [0.2, 0.25) is 0 Å². The Bertz CT molecular complexity index is 710. The molecule has 0 amide bonds. The lowest BCUT2D eigenvalue weighted by Crippen LogP contribution is -2.37. The topological polar surface area (TPSA) is 81.3 Å². The third kappa shape index (κ3) is 2.25. The van der Waals surface area contributed by atoms with Crippen LogP contribution in [-0.2, 0) is 13.6 Å². The van der Waals surface area contributed by atoms with Gasteiger partial charge in [0.1, 0.15) is 4.88 Å². The molecule has 0 aliphatic rings. The Balaban J connectivity index is 2.40. The Labute approximate surface area is 105 Å². The second kappa shape index (κ2) is 4.61. The fourth-order valence-electron chi connectivity index (χ4n) is 1.49. The van der Waals surface area contributed by atoms with Gasteiger partial charge in [-0.25, -0.2) is 9.59 Å². The molecular weight excluding hydrogens is 256 g/mol. The van der Waals surface area contributed by atoms with Crippen LogP contribution in [-0.4, -0.2) is 20.2 Å². The first kappa shape index (κ1) is 12.3. The summed E-state index contributed by atoms with van der Waals surface area (Å²) in [6, 6.07) is 4.36. The Morgan fingerprint density at radius 1 is 1.33 bits per heavy atom. The fraction of sp³-hybridized carbons (Fsp3) is 0.182. The highest BCUT2D eigenvalue weighted by Crippen LogP contribution is 2.16. The number of nitrogens with zero attached hydrogens (tertiary/aromatic N) is 2. The second-order valence-electron chi connectivity index (χ2n) is 3.70. The van der Waals surface area contributed by atoms with Crippen LogP contribution in [0.3, 0.4) is 0 Å². The van der Waals surface area contributed by atoms with Gasteiger partial charge in [0, 0.05) is 24.2 Å². The minimum atomic E-state index is -1.01. The molecule has 0 aliphatic heterocycles. The number of hydrogen-bond acceptors (Lipinski definition) is 4. The molecule has 0 fully saturated rings. The van der Waals surface area contributed by atoms with Crippen LogP contribution in [0.1, 0.15) is 14.5 Å². The zero-order chi connectivity index (χ0) is 13.3. The maximum atomic E-state index is 11.7. The summed E-state index contributed by atoms with van der Waals surface area (Å²) >= 11 is 1.05. The summed E-state index contributed by atoms with van der Waals surface area (Å²) in [4.78, 5) is 34.9. The number of carbonyl (C=O) groups is 1. The van der Waals surface area contributed by atoms with Crippen LogP contribution in [0.2, 0.25) is 0 Å². The Morgan fingerprint density at radius 2 is 2.06 bits per heavy atom. The molecule has 0 atom stereocenters. The van der Waals surface area contributed by atoms with Crippen molar-refractivity contribution in [2.75, 3.05) is 0 Å². The molecule has 6 nitrogen and oxygen atoms in total. The quantitative estimate of drug-likeness (QED) is 0.869. The zero-order valence-corrected chi connectivity index (χ0v) is 10.3. The molecule has 0 bridgehead atoms. The lowest BCUT2D eigenvalue weighted by atomic mass is 10.4. The van der Waals surface area contributed by atoms with E-state index in [9.17, 15) is 14.4 Å². The first-order valence-electron chi connectivity index (χ1n) is 5.07. The summed E-state index contributed by atoms with van der Waals surface area (Å²) in [5.41, 5.74) is -0.823. The smallest absolute Gasteiger partial charge is 0.345 e. The molecule has 0 spiro atoms. The lowest BCUT2D eigenvalue weighted by molar-refractivity contribution is 0.0702. The van der Waals surface area contributed by atoms with Crippen molar-refractivity contribution in [3.05, 3.63) is 55.0 Å². The van der Waals surface area contributed by atoms with Crippen molar-refractivity contribution in [1.29, 1.82) is 0 Å². The van der Waals surface area contributed by atoms with Gasteiger partial charge < -0.3 is 9.67 Å². The summed E-state index contributed by atoms with van der Waals surface area (Å²) in [5.74, 6) is -1.01. The summed E-state index contributed by atoms with van der Waals surface area (Å²) in [5, 5.41) is 8.79. The predicted octanol–water partition coefficient (Wildman–Crippen LogP) is 0.355. The highest BCUT2D eigenvalue weighted by molar-refractivity contribution is 7.13. The Kier molecular flexibility index (Phi) is 3.15. The van der Waals surface area contributed by atoms with E-state index in [0.29, 0.717) is 4.88 Å². The molecule has 0 aromatic carbocycles. The summed E-state index contributed by atoms with van der Waals surface area (Å²) < 4.78 is 2.37. The van der Waals surface area contributed by atoms with Crippen LogP contribution in [0, 0.1) is 0 Å². The van der Waals surface area contributed by atoms with E-state index in [4.69, 9.17) is 5.11 Å². The van der Waals surface area contributed by atoms with Crippen LogP contribution < -0.4 is 11.2 Å². The van der Waals surface area contributed by atoms with Crippen LogP contribution in [0.15, 0.2) is 34.0 Å². The monoisotopic (exact) mass is 266 g/mol. The van der Waals surface area contributed by atoms with Gasteiger partial charge >= 0.3 is 11.7 Å². The highest BCUT2D eigenvalue weighted by Gasteiger charge is 2.09. The first-order chi connectivity index (χ1) is 8.49. The molecule has 0 saturated heterocycles. The van der Waals surface area contributed by atoms with E-state index in [1.54, 1.807) is 13.1 Å². The summed E-state index contributed by atoms with van der Waals surface area (Å²) in [7, 11) is 1.55. The van der Waals surface area contributed by atoms with Gasteiger partial charge in [-0.05, 0) is 12.1 Å². The third-order valence-corrected chi connectivity index (χ3v) is 3.48. The molecule has 7 heteroatoms. The summed E-state index contributed by atoms with van der Waals surface area (Å²) in [6.07, 6.45) is 1.40. The van der Waals surface area contributed by atoms with Crippen LogP contribution in [0.5, 0.6) is 0 Å². The number of thiophene rings is 1. The second-order valence-corrected chi connectivity index (χ2v) is 4.87. The van der Waals surface area contributed by atoms with Crippen LogP contribution in [0.4, 0.5) is 0 Å².